The first kappa shape index (κ1) is 15.1. The van der Waals surface area contributed by atoms with Gasteiger partial charge in [-0.3, -0.25) is 9.36 Å². The highest BCUT2D eigenvalue weighted by Gasteiger charge is 2.16. The van der Waals surface area contributed by atoms with E-state index in [2.05, 4.69) is 29.4 Å². The second-order valence-electron chi connectivity index (χ2n) is 5.02. The average molecular weight is 296 g/mol. The van der Waals surface area contributed by atoms with Crippen LogP contribution in [-0.2, 0) is 26.6 Å². The van der Waals surface area contributed by atoms with Crippen molar-refractivity contribution in [2.24, 2.45) is 7.05 Å². The average Bonchev–Trinajstić information content (AvgIpc) is 2.83. The Kier molecular flexibility index (Phi) is 4.50. The summed E-state index contributed by atoms with van der Waals surface area (Å²) < 4.78 is 3.86. The summed E-state index contributed by atoms with van der Waals surface area (Å²) >= 11 is 6.40. The number of nitrogens with zero attached hydrogens (tertiary/aromatic N) is 4. The summed E-state index contributed by atoms with van der Waals surface area (Å²) in [6, 6.07) is 0. The van der Waals surface area contributed by atoms with Crippen LogP contribution in [0.2, 0.25) is 5.02 Å². The van der Waals surface area contributed by atoms with Crippen LogP contribution in [0, 0.1) is 13.8 Å². The Bertz CT molecular complexity index is 612. The van der Waals surface area contributed by atoms with Gasteiger partial charge in [0.15, 0.2) is 0 Å². The maximum absolute atomic E-state index is 6.40. The quantitative estimate of drug-likeness (QED) is 0.920. The standard InChI is InChI=1S/C14H22ClN5/c1-6-12-14(15)13(19(5)18-12)8-20-10(3)11(7-16-4)9(2)17-20/h16H,6-8H2,1-5H3. The minimum absolute atomic E-state index is 0.652. The molecule has 2 aromatic rings. The number of hydrogen-bond donors (Lipinski definition) is 1. The van der Waals surface area contributed by atoms with Crippen molar-refractivity contribution >= 4 is 11.6 Å². The first-order valence-electron chi connectivity index (χ1n) is 6.87. The monoisotopic (exact) mass is 295 g/mol. The normalized spacial score (nSPS) is 11.3. The molecule has 0 bridgehead atoms. The Balaban J connectivity index is 2.36. The highest BCUT2D eigenvalue weighted by Crippen LogP contribution is 2.23. The van der Waals surface area contributed by atoms with Crippen molar-refractivity contribution < 1.29 is 0 Å². The summed E-state index contributed by atoms with van der Waals surface area (Å²) in [4.78, 5) is 0. The molecule has 20 heavy (non-hydrogen) atoms. The molecule has 0 spiro atoms. The van der Waals surface area contributed by atoms with Crippen LogP contribution in [0.15, 0.2) is 0 Å². The van der Waals surface area contributed by atoms with Crippen LogP contribution in [0.3, 0.4) is 0 Å². The Morgan fingerprint density at radius 3 is 2.50 bits per heavy atom. The van der Waals surface area contributed by atoms with Crippen LogP contribution in [-0.4, -0.2) is 26.6 Å². The summed E-state index contributed by atoms with van der Waals surface area (Å²) in [6.45, 7) is 7.68. The molecule has 0 saturated heterocycles. The van der Waals surface area contributed by atoms with Gasteiger partial charge in [-0.2, -0.15) is 10.2 Å². The maximum atomic E-state index is 6.40. The molecule has 6 heteroatoms. The molecule has 0 aliphatic rings. The van der Waals surface area contributed by atoms with Gasteiger partial charge in [0, 0.05) is 24.8 Å². The molecule has 110 valence electrons. The largest absolute Gasteiger partial charge is 0.316 e. The number of rotatable bonds is 5. The van der Waals surface area contributed by atoms with E-state index in [0.717, 1.165) is 35.1 Å². The van der Waals surface area contributed by atoms with E-state index in [-0.39, 0.29) is 0 Å². The summed E-state index contributed by atoms with van der Waals surface area (Å²) in [6.07, 6.45) is 0.842. The Morgan fingerprint density at radius 2 is 1.95 bits per heavy atom. The van der Waals surface area contributed by atoms with Gasteiger partial charge in [-0.05, 0) is 27.3 Å². The minimum atomic E-state index is 0.652. The number of aryl methyl sites for hydroxylation is 3. The number of halogens is 1. The zero-order chi connectivity index (χ0) is 14.9. The molecule has 0 radical (unpaired) electrons. The first-order chi connectivity index (χ1) is 9.49. The van der Waals surface area contributed by atoms with E-state index in [1.165, 1.54) is 11.3 Å². The zero-order valence-electron chi connectivity index (χ0n) is 12.8. The van der Waals surface area contributed by atoms with Crippen molar-refractivity contribution in [1.29, 1.82) is 0 Å². The lowest BCUT2D eigenvalue weighted by Gasteiger charge is -2.06. The van der Waals surface area contributed by atoms with Gasteiger partial charge in [0.05, 0.1) is 28.6 Å². The SMILES string of the molecule is CCc1nn(C)c(Cn2nc(C)c(CNC)c2C)c1Cl. The molecule has 0 atom stereocenters. The molecule has 0 aromatic carbocycles. The van der Waals surface area contributed by atoms with Crippen LogP contribution in [0.4, 0.5) is 0 Å². The van der Waals surface area contributed by atoms with Gasteiger partial charge in [-0.1, -0.05) is 18.5 Å². The zero-order valence-corrected chi connectivity index (χ0v) is 13.5. The van der Waals surface area contributed by atoms with E-state index < -0.39 is 0 Å². The number of hydrogen-bond acceptors (Lipinski definition) is 3. The van der Waals surface area contributed by atoms with Gasteiger partial charge >= 0.3 is 0 Å². The molecular weight excluding hydrogens is 274 g/mol. The molecule has 2 rings (SSSR count). The summed E-state index contributed by atoms with van der Waals surface area (Å²) in [7, 11) is 3.88. The second-order valence-corrected chi connectivity index (χ2v) is 5.40. The van der Waals surface area contributed by atoms with Gasteiger partial charge in [0.1, 0.15) is 0 Å². The molecule has 0 aliphatic heterocycles. The molecule has 2 heterocycles. The highest BCUT2D eigenvalue weighted by atomic mass is 35.5. The lowest BCUT2D eigenvalue weighted by atomic mass is 10.2. The van der Waals surface area contributed by atoms with Crippen molar-refractivity contribution in [1.82, 2.24) is 24.9 Å². The van der Waals surface area contributed by atoms with Gasteiger partial charge in [0.25, 0.3) is 0 Å². The third kappa shape index (κ3) is 2.60. The Hall–Kier alpha value is -1.33. The van der Waals surface area contributed by atoms with E-state index in [9.17, 15) is 0 Å². The molecule has 0 unspecified atom stereocenters. The number of aromatic nitrogens is 4. The molecule has 2 aromatic heterocycles. The van der Waals surface area contributed by atoms with Gasteiger partial charge < -0.3 is 5.32 Å². The van der Waals surface area contributed by atoms with E-state index in [1.54, 1.807) is 0 Å². The van der Waals surface area contributed by atoms with E-state index >= 15 is 0 Å². The predicted octanol–water partition coefficient (Wildman–Crippen LogP) is 2.22. The topological polar surface area (TPSA) is 47.7 Å². The first-order valence-corrected chi connectivity index (χ1v) is 7.25. The van der Waals surface area contributed by atoms with Crippen LogP contribution in [0.5, 0.6) is 0 Å². The smallest absolute Gasteiger partial charge is 0.0869 e. The summed E-state index contributed by atoms with van der Waals surface area (Å²) in [5.41, 5.74) is 5.44. The van der Waals surface area contributed by atoms with Crippen molar-refractivity contribution in [3.05, 3.63) is 33.4 Å². The van der Waals surface area contributed by atoms with Crippen LogP contribution < -0.4 is 5.32 Å². The van der Waals surface area contributed by atoms with Gasteiger partial charge in [-0.25, -0.2) is 0 Å². The third-order valence-electron chi connectivity index (χ3n) is 3.69. The summed E-state index contributed by atoms with van der Waals surface area (Å²) in [5.74, 6) is 0. The lowest BCUT2D eigenvalue weighted by molar-refractivity contribution is 0.602. The van der Waals surface area contributed by atoms with Crippen molar-refractivity contribution in [3.63, 3.8) is 0 Å². The Morgan fingerprint density at radius 1 is 1.25 bits per heavy atom. The fraction of sp³-hybridized carbons (Fsp3) is 0.571. The van der Waals surface area contributed by atoms with E-state index in [4.69, 9.17) is 11.6 Å². The van der Waals surface area contributed by atoms with Crippen molar-refractivity contribution in [3.8, 4) is 0 Å². The third-order valence-corrected chi connectivity index (χ3v) is 4.12. The molecule has 0 amide bonds. The van der Waals surface area contributed by atoms with E-state index in [0.29, 0.717) is 6.54 Å². The highest BCUT2D eigenvalue weighted by molar-refractivity contribution is 6.31. The fourth-order valence-corrected chi connectivity index (χ4v) is 2.81. The van der Waals surface area contributed by atoms with Crippen LogP contribution in [0.1, 0.15) is 35.3 Å². The Labute approximate surface area is 124 Å². The molecule has 0 saturated carbocycles. The van der Waals surface area contributed by atoms with Gasteiger partial charge in [0.2, 0.25) is 0 Å². The van der Waals surface area contributed by atoms with Gasteiger partial charge in [-0.15, -0.1) is 0 Å². The summed E-state index contributed by atoms with van der Waals surface area (Å²) in [5, 5.41) is 13.0. The van der Waals surface area contributed by atoms with Crippen molar-refractivity contribution in [2.45, 2.75) is 40.3 Å². The molecule has 1 N–H and O–H groups in total. The van der Waals surface area contributed by atoms with Crippen LogP contribution >= 0.6 is 11.6 Å². The lowest BCUT2D eigenvalue weighted by Crippen LogP contribution is -2.10. The molecule has 0 aliphatic carbocycles. The van der Waals surface area contributed by atoms with E-state index in [1.807, 2.05) is 30.4 Å². The minimum Gasteiger partial charge on any atom is -0.316 e. The fourth-order valence-electron chi connectivity index (χ4n) is 2.45. The van der Waals surface area contributed by atoms with Crippen molar-refractivity contribution in [2.75, 3.05) is 7.05 Å². The predicted molar refractivity (Wildman–Crippen MR) is 81.2 cm³/mol. The maximum Gasteiger partial charge on any atom is 0.0869 e. The number of nitrogens with one attached hydrogen (secondary N) is 1. The van der Waals surface area contributed by atoms with Crippen LogP contribution in [0.25, 0.3) is 0 Å². The molecule has 0 fully saturated rings. The molecule has 5 nitrogen and oxygen atoms in total. The molecular formula is C14H22ClN5. The second kappa shape index (κ2) is 5.97.